The largest absolute Gasteiger partial charge is 0.369 e. The van der Waals surface area contributed by atoms with Gasteiger partial charge in [-0.2, -0.15) is 0 Å². The number of rotatable bonds is 9. The van der Waals surface area contributed by atoms with E-state index in [9.17, 15) is 13.2 Å². The van der Waals surface area contributed by atoms with Crippen molar-refractivity contribution in [2.45, 2.75) is 50.3 Å². The van der Waals surface area contributed by atoms with Crippen LogP contribution in [0.5, 0.6) is 0 Å². The molecule has 2 aliphatic heterocycles. The summed E-state index contributed by atoms with van der Waals surface area (Å²) >= 11 is 0. The number of hydrogen-bond donors (Lipinski definition) is 1. The predicted octanol–water partition coefficient (Wildman–Crippen LogP) is 4.04. The third kappa shape index (κ3) is 5.58. The summed E-state index contributed by atoms with van der Waals surface area (Å²) in [7, 11) is -3.29. The monoisotopic (exact) mass is 469 g/mol. The van der Waals surface area contributed by atoms with Crippen LogP contribution in [-0.2, 0) is 16.3 Å². The SMILES string of the molecule is CCCCCCCS(=O)(=O)c1ccc2c(c1)CCN2C(=O)c1cccc(N2CCNCC2)c1. The van der Waals surface area contributed by atoms with Crippen LogP contribution in [0.2, 0.25) is 0 Å². The van der Waals surface area contributed by atoms with Crippen molar-refractivity contribution >= 4 is 27.1 Å². The van der Waals surface area contributed by atoms with E-state index in [1.165, 1.54) is 0 Å². The highest BCUT2D eigenvalue weighted by Crippen LogP contribution is 2.32. The quantitative estimate of drug-likeness (QED) is 0.561. The van der Waals surface area contributed by atoms with Crippen LogP contribution in [0.15, 0.2) is 47.4 Å². The zero-order valence-corrected chi connectivity index (χ0v) is 20.4. The number of sulfone groups is 1. The molecule has 0 saturated carbocycles. The Morgan fingerprint density at radius 1 is 0.970 bits per heavy atom. The van der Waals surface area contributed by atoms with Crippen molar-refractivity contribution < 1.29 is 13.2 Å². The first-order chi connectivity index (χ1) is 16.0. The van der Waals surface area contributed by atoms with Gasteiger partial charge in [0.15, 0.2) is 9.84 Å². The molecule has 2 aliphatic rings. The maximum atomic E-state index is 13.3. The molecule has 1 amide bonds. The molecule has 2 aromatic carbocycles. The molecule has 0 aromatic heterocycles. The Balaban J connectivity index is 1.46. The summed E-state index contributed by atoms with van der Waals surface area (Å²) in [5.74, 6) is 0.161. The van der Waals surface area contributed by atoms with Gasteiger partial charge in [0, 0.05) is 49.7 Å². The number of hydrogen-bond acceptors (Lipinski definition) is 5. The molecule has 178 valence electrons. The summed E-state index contributed by atoms with van der Waals surface area (Å²) in [6.07, 6.45) is 5.72. The molecule has 0 unspecified atom stereocenters. The Bertz CT molecular complexity index is 1080. The molecule has 0 spiro atoms. The van der Waals surface area contributed by atoms with Gasteiger partial charge in [0.25, 0.3) is 5.91 Å². The van der Waals surface area contributed by atoms with E-state index in [2.05, 4.69) is 23.2 Å². The highest BCUT2D eigenvalue weighted by molar-refractivity contribution is 7.91. The molecule has 1 fully saturated rings. The molecular formula is C26H35N3O3S. The molecule has 2 heterocycles. The van der Waals surface area contributed by atoms with Crippen molar-refractivity contribution in [1.29, 1.82) is 0 Å². The zero-order chi connectivity index (χ0) is 23.3. The van der Waals surface area contributed by atoms with Gasteiger partial charge in [-0.3, -0.25) is 4.79 Å². The van der Waals surface area contributed by atoms with Gasteiger partial charge in [-0.05, 0) is 54.8 Å². The zero-order valence-electron chi connectivity index (χ0n) is 19.6. The maximum Gasteiger partial charge on any atom is 0.258 e. The van der Waals surface area contributed by atoms with Crippen LogP contribution in [0, 0.1) is 0 Å². The fraction of sp³-hybridized carbons (Fsp3) is 0.500. The van der Waals surface area contributed by atoms with Gasteiger partial charge >= 0.3 is 0 Å². The third-order valence-electron chi connectivity index (χ3n) is 6.64. The van der Waals surface area contributed by atoms with Crippen molar-refractivity contribution in [3.63, 3.8) is 0 Å². The van der Waals surface area contributed by atoms with E-state index in [-0.39, 0.29) is 11.7 Å². The molecule has 0 aliphatic carbocycles. The van der Waals surface area contributed by atoms with E-state index >= 15 is 0 Å². The van der Waals surface area contributed by atoms with Crippen molar-refractivity contribution in [2.24, 2.45) is 0 Å². The predicted molar refractivity (Wildman–Crippen MR) is 134 cm³/mol. The number of anilines is 2. The lowest BCUT2D eigenvalue weighted by Crippen LogP contribution is -2.43. The van der Waals surface area contributed by atoms with Crippen molar-refractivity contribution in [3.8, 4) is 0 Å². The number of benzene rings is 2. The summed E-state index contributed by atoms with van der Waals surface area (Å²) in [4.78, 5) is 17.8. The molecule has 0 atom stereocenters. The lowest BCUT2D eigenvalue weighted by Gasteiger charge is -2.30. The van der Waals surface area contributed by atoms with Crippen molar-refractivity contribution in [2.75, 3.05) is 48.3 Å². The minimum absolute atomic E-state index is 0.0303. The van der Waals surface area contributed by atoms with E-state index in [0.29, 0.717) is 29.8 Å². The first-order valence-electron chi connectivity index (χ1n) is 12.2. The normalized spacial score (nSPS) is 16.2. The van der Waals surface area contributed by atoms with E-state index in [1.807, 2.05) is 24.3 Å². The molecule has 1 N–H and O–H groups in total. The second-order valence-corrected chi connectivity index (χ2v) is 11.1. The molecule has 0 radical (unpaired) electrons. The van der Waals surface area contributed by atoms with Crippen LogP contribution in [-0.4, -0.2) is 52.8 Å². The van der Waals surface area contributed by atoms with Gasteiger partial charge in [-0.1, -0.05) is 38.7 Å². The van der Waals surface area contributed by atoms with Crippen LogP contribution in [0.3, 0.4) is 0 Å². The van der Waals surface area contributed by atoms with Gasteiger partial charge in [0.1, 0.15) is 0 Å². The first kappa shape index (κ1) is 23.8. The smallest absolute Gasteiger partial charge is 0.258 e. The fourth-order valence-corrected chi connectivity index (χ4v) is 6.13. The average molecular weight is 470 g/mol. The Hall–Kier alpha value is -2.38. The van der Waals surface area contributed by atoms with Gasteiger partial charge in [0.2, 0.25) is 0 Å². The number of nitrogens with one attached hydrogen (secondary N) is 1. The lowest BCUT2D eigenvalue weighted by atomic mass is 10.1. The summed E-state index contributed by atoms with van der Waals surface area (Å²) in [5.41, 5.74) is 3.51. The molecule has 6 nitrogen and oxygen atoms in total. The number of fused-ring (bicyclic) bond motifs is 1. The van der Waals surface area contributed by atoms with E-state index in [1.54, 1.807) is 17.0 Å². The minimum Gasteiger partial charge on any atom is -0.369 e. The molecule has 0 bridgehead atoms. The van der Waals surface area contributed by atoms with Crippen LogP contribution in [0.25, 0.3) is 0 Å². The Morgan fingerprint density at radius 3 is 2.55 bits per heavy atom. The summed E-state index contributed by atoms with van der Waals surface area (Å²) < 4.78 is 25.6. The molecule has 1 saturated heterocycles. The van der Waals surface area contributed by atoms with Gasteiger partial charge in [-0.25, -0.2) is 8.42 Å². The molecule has 33 heavy (non-hydrogen) atoms. The number of piperazine rings is 1. The van der Waals surface area contributed by atoms with Gasteiger partial charge in [0.05, 0.1) is 10.6 Å². The summed E-state index contributed by atoms with van der Waals surface area (Å²) in [6, 6.07) is 13.1. The molecule has 4 rings (SSSR count). The fourth-order valence-electron chi connectivity index (χ4n) is 4.71. The van der Waals surface area contributed by atoms with Gasteiger partial charge in [-0.15, -0.1) is 0 Å². The second-order valence-electron chi connectivity index (χ2n) is 9.02. The van der Waals surface area contributed by atoms with Crippen LogP contribution < -0.4 is 15.1 Å². The topological polar surface area (TPSA) is 69.7 Å². The number of amides is 1. The third-order valence-corrected chi connectivity index (χ3v) is 8.44. The summed E-state index contributed by atoms with van der Waals surface area (Å²) in [6.45, 7) is 6.48. The van der Waals surface area contributed by atoms with Crippen LogP contribution >= 0.6 is 0 Å². The van der Waals surface area contributed by atoms with Crippen LogP contribution in [0.1, 0.15) is 54.9 Å². The second kappa shape index (κ2) is 10.7. The van der Waals surface area contributed by atoms with Crippen molar-refractivity contribution in [1.82, 2.24) is 5.32 Å². The van der Waals surface area contributed by atoms with Gasteiger partial charge < -0.3 is 15.1 Å². The Morgan fingerprint density at radius 2 is 1.76 bits per heavy atom. The molecule has 7 heteroatoms. The molecular weight excluding hydrogens is 434 g/mol. The maximum absolute atomic E-state index is 13.3. The average Bonchev–Trinajstić information content (AvgIpc) is 3.27. The Kier molecular flexibility index (Phi) is 7.71. The van der Waals surface area contributed by atoms with E-state index in [0.717, 1.165) is 68.8 Å². The number of nitrogens with zero attached hydrogens (tertiary/aromatic N) is 2. The Labute approximate surface area is 197 Å². The van der Waals surface area contributed by atoms with Crippen molar-refractivity contribution in [3.05, 3.63) is 53.6 Å². The van der Waals surface area contributed by atoms with E-state index < -0.39 is 9.84 Å². The lowest BCUT2D eigenvalue weighted by molar-refractivity contribution is 0.0989. The standard InChI is InChI=1S/C26H35N3O3S/c1-2-3-4-5-6-18-33(31,32)24-10-11-25-21(20-24)12-15-29(25)26(30)22-8-7-9-23(19-22)28-16-13-27-14-17-28/h7-11,19-20,27H,2-6,12-18H2,1H3. The molecule has 2 aromatic rings. The highest BCUT2D eigenvalue weighted by Gasteiger charge is 2.28. The van der Waals surface area contributed by atoms with Crippen LogP contribution in [0.4, 0.5) is 11.4 Å². The minimum atomic E-state index is -3.29. The summed E-state index contributed by atoms with van der Waals surface area (Å²) in [5, 5.41) is 3.35. The highest BCUT2D eigenvalue weighted by atomic mass is 32.2. The number of carbonyl (C=O) groups is 1. The first-order valence-corrected chi connectivity index (χ1v) is 13.9. The number of unbranched alkanes of at least 4 members (excludes halogenated alkanes) is 4. The van der Waals surface area contributed by atoms with E-state index in [4.69, 9.17) is 0 Å². The number of carbonyl (C=O) groups excluding carboxylic acids is 1.